The third-order valence-corrected chi connectivity index (χ3v) is 4.57. The maximum atomic E-state index is 11.7. The molecule has 140 valence electrons. The Morgan fingerprint density at radius 2 is 2.19 bits per heavy atom. The van der Waals surface area contributed by atoms with Crippen LogP contribution in [-0.4, -0.2) is 53.6 Å². The van der Waals surface area contributed by atoms with Crippen LogP contribution < -0.4 is 14.8 Å². The van der Waals surface area contributed by atoms with Gasteiger partial charge in [0.2, 0.25) is 0 Å². The second-order valence-electron chi connectivity index (χ2n) is 6.27. The van der Waals surface area contributed by atoms with E-state index < -0.39 is 0 Å². The van der Waals surface area contributed by atoms with Gasteiger partial charge in [-0.05, 0) is 18.2 Å². The number of benzene rings is 1. The molecular weight excluding hydrogens is 348 g/mol. The fraction of sp³-hybridized carbons (Fsp3) is 0.316. The van der Waals surface area contributed by atoms with Crippen LogP contribution in [0.2, 0.25) is 0 Å². The van der Waals surface area contributed by atoms with Gasteiger partial charge in [-0.2, -0.15) is 5.10 Å². The molecule has 0 radical (unpaired) electrons. The van der Waals surface area contributed by atoms with E-state index in [-0.39, 0.29) is 18.1 Å². The summed E-state index contributed by atoms with van der Waals surface area (Å²) in [7, 11) is 3.01. The third kappa shape index (κ3) is 3.43. The Hall–Kier alpha value is -3.13. The number of carbonyl (C=O) groups is 1. The van der Waals surface area contributed by atoms with Gasteiger partial charge in [-0.25, -0.2) is 9.67 Å². The Bertz CT molecular complexity index is 958. The molecule has 0 saturated carbocycles. The lowest BCUT2D eigenvalue weighted by Crippen LogP contribution is -2.31. The largest absolute Gasteiger partial charge is 0.497 e. The molecule has 0 spiro atoms. The summed E-state index contributed by atoms with van der Waals surface area (Å²) in [5, 5.41) is 8.25. The highest BCUT2D eigenvalue weighted by atomic mass is 16.5. The van der Waals surface area contributed by atoms with Crippen LogP contribution >= 0.6 is 0 Å². The average molecular weight is 368 g/mol. The number of rotatable bonds is 5. The minimum Gasteiger partial charge on any atom is -0.497 e. The number of nitrogens with zero attached hydrogens (tertiary/aromatic N) is 3. The molecule has 1 aliphatic rings. The van der Waals surface area contributed by atoms with Gasteiger partial charge >= 0.3 is 5.97 Å². The van der Waals surface area contributed by atoms with Crippen molar-refractivity contribution in [2.24, 2.45) is 0 Å². The summed E-state index contributed by atoms with van der Waals surface area (Å²) >= 11 is 0. The fourth-order valence-corrected chi connectivity index (χ4v) is 3.20. The summed E-state index contributed by atoms with van der Waals surface area (Å²) in [6, 6.07) is 8.99. The van der Waals surface area contributed by atoms with Gasteiger partial charge in [0.25, 0.3) is 0 Å². The molecule has 2 atom stereocenters. The highest BCUT2D eigenvalue weighted by molar-refractivity contribution is 5.87. The van der Waals surface area contributed by atoms with Crippen LogP contribution in [0.15, 0.2) is 42.7 Å². The number of pyridine rings is 1. The molecule has 1 saturated heterocycles. The summed E-state index contributed by atoms with van der Waals surface area (Å²) in [5.41, 5.74) is 0.743. The predicted molar refractivity (Wildman–Crippen MR) is 98.3 cm³/mol. The Morgan fingerprint density at radius 3 is 2.93 bits per heavy atom. The maximum absolute atomic E-state index is 11.7. The Kier molecular flexibility index (Phi) is 4.64. The number of esters is 1. The SMILES string of the molecule is COC(=O)[C@@H]1C[C@@H](Oc2cc(-n3cccn3)nc3cc(OC)ccc23)CN1. The van der Waals surface area contributed by atoms with E-state index in [1.54, 1.807) is 18.0 Å². The summed E-state index contributed by atoms with van der Waals surface area (Å²) in [6.45, 7) is 0.566. The first-order chi connectivity index (χ1) is 13.2. The zero-order valence-corrected chi connectivity index (χ0v) is 15.1. The lowest BCUT2D eigenvalue weighted by atomic mass is 10.1. The van der Waals surface area contributed by atoms with E-state index in [0.717, 1.165) is 10.9 Å². The van der Waals surface area contributed by atoms with Gasteiger partial charge in [0.15, 0.2) is 5.82 Å². The molecule has 0 aliphatic carbocycles. The van der Waals surface area contributed by atoms with Crippen molar-refractivity contribution in [3.8, 4) is 17.3 Å². The van der Waals surface area contributed by atoms with E-state index in [9.17, 15) is 4.79 Å². The molecule has 1 N–H and O–H groups in total. The van der Waals surface area contributed by atoms with Crippen LogP contribution in [0.5, 0.6) is 11.5 Å². The van der Waals surface area contributed by atoms with Crippen LogP contribution in [0, 0.1) is 0 Å². The zero-order chi connectivity index (χ0) is 18.8. The molecule has 3 heterocycles. The van der Waals surface area contributed by atoms with Crippen LogP contribution in [-0.2, 0) is 9.53 Å². The Labute approximate surface area is 156 Å². The topological polar surface area (TPSA) is 87.5 Å². The monoisotopic (exact) mass is 368 g/mol. The predicted octanol–water partition coefficient (Wildman–Crippen LogP) is 1.71. The molecule has 3 aromatic rings. The highest BCUT2D eigenvalue weighted by Crippen LogP contribution is 2.31. The average Bonchev–Trinajstić information content (AvgIpc) is 3.39. The van der Waals surface area contributed by atoms with Gasteiger partial charge in [0, 0.05) is 42.9 Å². The highest BCUT2D eigenvalue weighted by Gasteiger charge is 2.31. The second kappa shape index (κ2) is 7.24. The molecule has 1 fully saturated rings. The number of methoxy groups -OCH3 is 2. The normalized spacial score (nSPS) is 19.2. The van der Waals surface area contributed by atoms with Gasteiger partial charge in [-0.15, -0.1) is 0 Å². The lowest BCUT2D eigenvalue weighted by molar-refractivity contribution is -0.142. The molecule has 8 nitrogen and oxygen atoms in total. The van der Waals surface area contributed by atoms with Crippen molar-refractivity contribution in [3.63, 3.8) is 0 Å². The maximum Gasteiger partial charge on any atom is 0.323 e. The zero-order valence-electron chi connectivity index (χ0n) is 15.1. The summed E-state index contributed by atoms with van der Waals surface area (Å²) in [6.07, 6.45) is 3.92. The van der Waals surface area contributed by atoms with Gasteiger partial charge in [0.1, 0.15) is 23.6 Å². The van der Waals surface area contributed by atoms with Gasteiger partial charge in [-0.3, -0.25) is 4.79 Å². The molecule has 1 aliphatic heterocycles. The van der Waals surface area contributed by atoms with E-state index in [4.69, 9.17) is 14.2 Å². The van der Waals surface area contributed by atoms with E-state index in [2.05, 4.69) is 15.4 Å². The smallest absolute Gasteiger partial charge is 0.323 e. The van der Waals surface area contributed by atoms with Crippen molar-refractivity contribution in [1.82, 2.24) is 20.1 Å². The first-order valence-electron chi connectivity index (χ1n) is 8.64. The third-order valence-electron chi connectivity index (χ3n) is 4.57. The van der Waals surface area contributed by atoms with Crippen molar-refractivity contribution in [1.29, 1.82) is 0 Å². The molecule has 0 unspecified atom stereocenters. The molecule has 0 bridgehead atoms. The second-order valence-corrected chi connectivity index (χ2v) is 6.27. The Balaban J connectivity index is 1.69. The van der Waals surface area contributed by atoms with Crippen LogP contribution in [0.25, 0.3) is 16.7 Å². The molecule has 8 heteroatoms. The first kappa shape index (κ1) is 17.3. The van der Waals surface area contributed by atoms with Crippen molar-refractivity contribution >= 4 is 16.9 Å². The van der Waals surface area contributed by atoms with Crippen LogP contribution in [0.3, 0.4) is 0 Å². The fourth-order valence-electron chi connectivity index (χ4n) is 3.20. The van der Waals surface area contributed by atoms with Crippen molar-refractivity contribution in [3.05, 3.63) is 42.7 Å². The summed E-state index contributed by atoms with van der Waals surface area (Å²) in [5.74, 6) is 1.77. The van der Waals surface area contributed by atoms with Crippen LogP contribution in [0.4, 0.5) is 0 Å². The van der Waals surface area contributed by atoms with E-state index in [1.807, 2.05) is 36.5 Å². The standard InChI is InChI=1S/C19H20N4O4/c1-25-12-4-5-14-15(8-12)22-18(23-7-3-6-21-23)10-17(14)27-13-9-16(20-11-13)19(24)26-2/h3-8,10,13,16,20H,9,11H2,1-2H3/t13-,16+/m1/s1. The number of hydrogen-bond donors (Lipinski definition) is 1. The van der Waals surface area contributed by atoms with E-state index in [1.165, 1.54) is 7.11 Å². The molecule has 0 amide bonds. The van der Waals surface area contributed by atoms with Gasteiger partial charge in [-0.1, -0.05) is 0 Å². The van der Waals surface area contributed by atoms with Gasteiger partial charge in [0.05, 0.1) is 19.7 Å². The van der Waals surface area contributed by atoms with E-state index in [0.29, 0.717) is 30.3 Å². The Morgan fingerprint density at radius 1 is 1.30 bits per heavy atom. The number of hydrogen-bond acceptors (Lipinski definition) is 7. The van der Waals surface area contributed by atoms with Crippen LogP contribution in [0.1, 0.15) is 6.42 Å². The van der Waals surface area contributed by atoms with E-state index >= 15 is 0 Å². The number of aromatic nitrogens is 3. The number of nitrogens with one attached hydrogen (secondary N) is 1. The lowest BCUT2D eigenvalue weighted by Gasteiger charge is -2.16. The first-order valence-corrected chi connectivity index (χ1v) is 8.64. The van der Waals surface area contributed by atoms with Crippen molar-refractivity contribution in [2.75, 3.05) is 20.8 Å². The molecule has 4 rings (SSSR count). The molecule has 1 aromatic carbocycles. The summed E-state index contributed by atoms with van der Waals surface area (Å²) in [4.78, 5) is 16.4. The molecule has 27 heavy (non-hydrogen) atoms. The number of fused-ring (bicyclic) bond motifs is 1. The van der Waals surface area contributed by atoms with Crippen molar-refractivity contribution < 1.29 is 19.0 Å². The molecular formula is C19H20N4O4. The number of ether oxygens (including phenoxy) is 3. The minimum absolute atomic E-state index is 0.146. The number of carbonyl (C=O) groups excluding carboxylic acids is 1. The van der Waals surface area contributed by atoms with Crippen molar-refractivity contribution in [2.45, 2.75) is 18.6 Å². The minimum atomic E-state index is -0.348. The quantitative estimate of drug-likeness (QED) is 0.686. The summed E-state index contributed by atoms with van der Waals surface area (Å²) < 4.78 is 18.0. The van der Waals surface area contributed by atoms with Gasteiger partial charge < -0.3 is 19.5 Å². The molecule has 2 aromatic heterocycles.